The SMILES string of the molecule is c1ccc(-n2c3ccc4ccccc4c3c3c4ccccc4c(-c4ccc(-c5c6ccccc6c(-c6cccc7ccccc67)c6ccccc56)cc4)cc32)cc1. The number of hydrogen-bond acceptors (Lipinski definition) is 0. The molecule has 0 saturated carbocycles. The summed E-state index contributed by atoms with van der Waals surface area (Å²) < 4.78 is 2.46. The van der Waals surface area contributed by atoms with Crippen molar-refractivity contribution in [2.24, 2.45) is 0 Å². The maximum absolute atomic E-state index is 2.46. The number of fused-ring (bicyclic) bond motifs is 10. The van der Waals surface area contributed by atoms with Gasteiger partial charge in [-0.1, -0.05) is 188 Å². The second-order valence-electron chi connectivity index (χ2n) is 15.2. The summed E-state index contributed by atoms with van der Waals surface area (Å²) in [6, 6.07) is 78.2. The van der Waals surface area contributed by atoms with Crippen LogP contribution < -0.4 is 0 Å². The molecule has 0 unspecified atom stereocenters. The standard InChI is InChI=1S/C56H35N/c1-2-18-40(19-3-1)57-51-34-33-37-16-5-7-21-42(37)55(51)56-45-23-9-8-22-43(45)50(35-52(56)57)38-29-31-39(32-30-38)53-46-24-10-12-26-48(46)54(49-27-13-11-25-47(49)53)44-28-14-17-36-15-4-6-20-41(36)44/h1-35H. The van der Waals surface area contributed by atoms with Crippen LogP contribution in [0.15, 0.2) is 212 Å². The molecule has 0 amide bonds. The highest BCUT2D eigenvalue weighted by Crippen LogP contribution is 2.47. The van der Waals surface area contributed by atoms with Gasteiger partial charge in [-0.05, 0) is 112 Å². The van der Waals surface area contributed by atoms with Crippen LogP contribution in [0.25, 0.3) is 115 Å². The van der Waals surface area contributed by atoms with Gasteiger partial charge in [0.15, 0.2) is 0 Å². The lowest BCUT2D eigenvalue weighted by Crippen LogP contribution is -1.94. The van der Waals surface area contributed by atoms with E-state index in [1.165, 1.54) is 109 Å². The monoisotopic (exact) mass is 721 g/mol. The summed E-state index contributed by atoms with van der Waals surface area (Å²) in [6.07, 6.45) is 0. The molecule has 0 N–H and O–H groups in total. The second-order valence-corrected chi connectivity index (χ2v) is 15.2. The molecule has 57 heavy (non-hydrogen) atoms. The molecule has 1 heteroatoms. The Kier molecular flexibility index (Phi) is 7.00. The molecule has 0 atom stereocenters. The molecular formula is C56H35N. The minimum atomic E-state index is 1.16. The second kappa shape index (κ2) is 12.5. The molecule has 1 heterocycles. The number of benzene rings is 11. The van der Waals surface area contributed by atoms with Crippen LogP contribution in [0, 0.1) is 0 Å². The molecular weight excluding hydrogens is 687 g/mol. The van der Waals surface area contributed by atoms with E-state index in [-0.39, 0.29) is 0 Å². The predicted octanol–water partition coefficient (Wildman–Crippen LogP) is 15.6. The summed E-state index contributed by atoms with van der Waals surface area (Å²) >= 11 is 0. The molecule has 0 fully saturated rings. The summed E-state index contributed by atoms with van der Waals surface area (Å²) in [5.41, 5.74) is 11.1. The third-order valence-electron chi connectivity index (χ3n) is 12.2. The molecule has 0 aliphatic carbocycles. The first kappa shape index (κ1) is 31.8. The Hall–Kier alpha value is -7.48. The van der Waals surface area contributed by atoms with Gasteiger partial charge in [0, 0.05) is 16.5 Å². The highest BCUT2D eigenvalue weighted by Gasteiger charge is 2.21. The first-order chi connectivity index (χ1) is 28.3. The molecule has 0 bridgehead atoms. The van der Waals surface area contributed by atoms with E-state index in [1.807, 2.05) is 0 Å². The van der Waals surface area contributed by atoms with Gasteiger partial charge in [0.25, 0.3) is 0 Å². The molecule has 11 aromatic carbocycles. The van der Waals surface area contributed by atoms with Crippen LogP contribution in [0.2, 0.25) is 0 Å². The highest BCUT2D eigenvalue weighted by atomic mass is 15.0. The number of aromatic nitrogens is 1. The first-order valence-electron chi connectivity index (χ1n) is 19.8. The summed E-state index contributed by atoms with van der Waals surface area (Å²) in [5, 5.41) is 15.3. The van der Waals surface area contributed by atoms with E-state index in [4.69, 9.17) is 0 Å². The fourth-order valence-electron chi connectivity index (χ4n) is 9.72. The van der Waals surface area contributed by atoms with Gasteiger partial charge in [-0.2, -0.15) is 0 Å². The van der Waals surface area contributed by atoms with Crippen molar-refractivity contribution in [2.75, 3.05) is 0 Å². The van der Waals surface area contributed by atoms with E-state index in [2.05, 4.69) is 217 Å². The Morgan fingerprint density at radius 2 is 0.754 bits per heavy atom. The molecule has 1 nitrogen and oxygen atoms in total. The van der Waals surface area contributed by atoms with Crippen molar-refractivity contribution < 1.29 is 0 Å². The molecule has 12 aromatic rings. The maximum atomic E-state index is 2.46. The molecule has 12 rings (SSSR count). The van der Waals surface area contributed by atoms with E-state index < -0.39 is 0 Å². The number of rotatable bonds is 4. The van der Waals surface area contributed by atoms with Crippen LogP contribution in [-0.2, 0) is 0 Å². The highest BCUT2D eigenvalue weighted by molar-refractivity contribution is 6.30. The zero-order valence-corrected chi connectivity index (χ0v) is 31.2. The lowest BCUT2D eigenvalue weighted by molar-refractivity contribution is 1.18. The van der Waals surface area contributed by atoms with E-state index in [1.54, 1.807) is 0 Å². The molecule has 0 saturated heterocycles. The van der Waals surface area contributed by atoms with Gasteiger partial charge >= 0.3 is 0 Å². The fraction of sp³-hybridized carbons (Fsp3) is 0. The van der Waals surface area contributed by atoms with Crippen molar-refractivity contribution in [3.8, 4) is 39.1 Å². The normalized spacial score (nSPS) is 11.9. The van der Waals surface area contributed by atoms with Crippen molar-refractivity contribution in [1.82, 2.24) is 4.57 Å². The molecule has 0 spiro atoms. The lowest BCUT2D eigenvalue weighted by atomic mass is 9.84. The number of hydrogen-bond donors (Lipinski definition) is 0. The Bertz CT molecular complexity index is 3490. The van der Waals surface area contributed by atoms with Crippen molar-refractivity contribution in [3.63, 3.8) is 0 Å². The average molecular weight is 722 g/mol. The van der Waals surface area contributed by atoms with Crippen molar-refractivity contribution in [1.29, 1.82) is 0 Å². The minimum absolute atomic E-state index is 1.16. The third kappa shape index (κ3) is 4.76. The van der Waals surface area contributed by atoms with Crippen LogP contribution in [-0.4, -0.2) is 4.57 Å². The van der Waals surface area contributed by atoms with Crippen LogP contribution in [0.3, 0.4) is 0 Å². The zero-order chi connectivity index (χ0) is 37.5. The van der Waals surface area contributed by atoms with E-state index >= 15 is 0 Å². The van der Waals surface area contributed by atoms with Gasteiger partial charge in [-0.15, -0.1) is 0 Å². The maximum Gasteiger partial charge on any atom is 0.0553 e. The Balaban J connectivity index is 1.10. The van der Waals surface area contributed by atoms with Gasteiger partial charge in [0.2, 0.25) is 0 Å². The van der Waals surface area contributed by atoms with Gasteiger partial charge < -0.3 is 4.57 Å². The smallest absolute Gasteiger partial charge is 0.0553 e. The fourth-order valence-corrected chi connectivity index (χ4v) is 9.72. The molecule has 0 aliphatic heterocycles. The quantitative estimate of drug-likeness (QED) is 0.160. The van der Waals surface area contributed by atoms with Gasteiger partial charge in [-0.3, -0.25) is 0 Å². The van der Waals surface area contributed by atoms with Crippen LogP contribution in [0.5, 0.6) is 0 Å². The topological polar surface area (TPSA) is 4.93 Å². The summed E-state index contributed by atoms with van der Waals surface area (Å²) in [6.45, 7) is 0. The van der Waals surface area contributed by atoms with E-state index in [9.17, 15) is 0 Å². The van der Waals surface area contributed by atoms with Gasteiger partial charge in [0.1, 0.15) is 0 Å². The summed E-state index contributed by atoms with van der Waals surface area (Å²) in [4.78, 5) is 0. The van der Waals surface area contributed by atoms with E-state index in [0.29, 0.717) is 0 Å². The van der Waals surface area contributed by atoms with Crippen LogP contribution in [0.4, 0.5) is 0 Å². The van der Waals surface area contributed by atoms with Crippen molar-refractivity contribution in [2.45, 2.75) is 0 Å². The molecule has 1 aromatic heterocycles. The van der Waals surface area contributed by atoms with Crippen LogP contribution in [0.1, 0.15) is 0 Å². The van der Waals surface area contributed by atoms with Gasteiger partial charge in [0.05, 0.1) is 11.0 Å². The van der Waals surface area contributed by atoms with Crippen LogP contribution >= 0.6 is 0 Å². The van der Waals surface area contributed by atoms with Crippen molar-refractivity contribution in [3.05, 3.63) is 212 Å². The lowest BCUT2D eigenvalue weighted by Gasteiger charge is -2.19. The molecule has 0 radical (unpaired) electrons. The number of nitrogens with zero attached hydrogens (tertiary/aromatic N) is 1. The first-order valence-corrected chi connectivity index (χ1v) is 19.8. The number of para-hydroxylation sites is 1. The predicted molar refractivity (Wildman–Crippen MR) is 245 cm³/mol. The Morgan fingerprint density at radius 3 is 1.44 bits per heavy atom. The summed E-state index contributed by atoms with van der Waals surface area (Å²) in [7, 11) is 0. The van der Waals surface area contributed by atoms with Crippen molar-refractivity contribution >= 4 is 75.7 Å². The van der Waals surface area contributed by atoms with E-state index in [0.717, 1.165) is 5.69 Å². The molecule has 0 aliphatic rings. The molecule has 264 valence electrons. The third-order valence-corrected chi connectivity index (χ3v) is 12.2. The summed E-state index contributed by atoms with van der Waals surface area (Å²) in [5.74, 6) is 0. The minimum Gasteiger partial charge on any atom is -0.309 e. The zero-order valence-electron chi connectivity index (χ0n) is 31.2. The Morgan fingerprint density at radius 1 is 0.263 bits per heavy atom. The Labute approximate surface area is 330 Å². The average Bonchev–Trinajstić information content (AvgIpc) is 3.63. The van der Waals surface area contributed by atoms with Gasteiger partial charge in [-0.25, -0.2) is 0 Å². The largest absolute Gasteiger partial charge is 0.309 e.